The summed E-state index contributed by atoms with van der Waals surface area (Å²) < 4.78 is 5.68. The van der Waals surface area contributed by atoms with Crippen molar-refractivity contribution in [1.82, 2.24) is 0 Å². The van der Waals surface area contributed by atoms with E-state index in [2.05, 4.69) is 6.92 Å². The van der Waals surface area contributed by atoms with Gasteiger partial charge in [0.1, 0.15) is 17.4 Å². The molecule has 1 aliphatic rings. The Morgan fingerprint density at radius 2 is 2.12 bits per heavy atom. The fourth-order valence-corrected chi connectivity index (χ4v) is 2.19. The van der Waals surface area contributed by atoms with Crippen molar-refractivity contribution >= 4 is 5.97 Å². The molecular weight excluding hydrogens is 204 g/mol. The van der Waals surface area contributed by atoms with Gasteiger partial charge < -0.3 is 9.52 Å². The quantitative estimate of drug-likeness (QED) is 0.850. The minimum absolute atomic E-state index is 0.0492. The standard InChI is InChI=1S/C13H18O3/c1-7(2)12(13(14)15)11-5-4-10(16-11)9-6-8(9)3/h4-5,7-9,12H,6H2,1-3H3,(H,14,15). The largest absolute Gasteiger partial charge is 0.481 e. The summed E-state index contributed by atoms with van der Waals surface area (Å²) >= 11 is 0. The van der Waals surface area contributed by atoms with Crippen LogP contribution in [0.15, 0.2) is 16.5 Å². The highest BCUT2D eigenvalue weighted by Gasteiger charge is 2.37. The van der Waals surface area contributed by atoms with Crippen LogP contribution in [0.3, 0.4) is 0 Å². The number of furan rings is 1. The van der Waals surface area contributed by atoms with E-state index in [0.717, 1.165) is 12.2 Å². The first-order valence-electron chi connectivity index (χ1n) is 5.83. The van der Waals surface area contributed by atoms with Crippen molar-refractivity contribution in [3.63, 3.8) is 0 Å². The van der Waals surface area contributed by atoms with Gasteiger partial charge in [0.05, 0.1) is 0 Å². The minimum atomic E-state index is -0.806. The van der Waals surface area contributed by atoms with Crippen molar-refractivity contribution in [2.24, 2.45) is 11.8 Å². The van der Waals surface area contributed by atoms with Crippen LogP contribution in [-0.4, -0.2) is 11.1 Å². The normalized spacial score (nSPS) is 25.8. The average Bonchev–Trinajstić information content (AvgIpc) is 2.73. The van der Waals surface area contributed by atoms with Crippen LogP contribution in [0.5, 0.6) is 0 Å². The Balaban J connectivity index is 2.19. The number of rotatable bonds is 4. The molecule has 0 aliphatic heterocycles. The van der Waals surface area contributed by atoms with Gasteiger partial charge in [-0.05, 0) is 30.4 Å². The first-order valence-corrected chi connectivity index (χ1v) is 5.83. The second-order valence-corrected chi connectivity index (χ2v) is 5.12. The van der Waals surface area contributed by atoms with E-state index in [1.807, 2.05) is 26.0 Å². The SMILES string of the molecule is CC(C)C(C(=O)O)c1ccc(C2CC2C)o1. The number of hydrogen-bond donors (Lipinski definition) is 1. The Bertz CT molecular complexity index is 392. The van der Waals surface area contributed by atoms with Crippen LogP contribution in [0.1, 0.15) is 50.5 Å². The molecule has 16 heavy (non-hydrogen) atoms. The van der Waals surface area contributed by atoms with E-state index in [-0.39, 0.29) is 5.92 Å². The first-order chi connectivity index (χ1) is 7.50. The molecule has 3 atom stereocenters. The third kappa shape index (κ3) is 1.99. The molecular formula is C13H18O3. The zero-order chi connectivity index (χ0) is 11.9. The van der Waals surface area contributed by atoms with E-state index in [9.17, 15) is 4.79 Å². The van der Waals surface area contributed by atoms with E-state index in [1.165, 1.54) is 0 Å². The Morgan fingerprint density at radius 1 is 1.50 bits per heavy atom. The lowest BCUT2D eigenvalue weighted by Gasteiger charge is -2.13. The lowest BCUT2D eigenvalue weighted by atomic mass is 9.94. The highest BCUT2D eigenvalue weighted by molar-refractivity contribution is 5.75. The second-order valence-electron chi connectivity index (χ2n) is 5.12. The summed E-state index contributed by atoms with van der Waals surface area (Å²) in [5.41, 5.74) is 0. The van der Waals surface area contributed by atoms with Crippen molar-refractivity contribution < 1.29 is 14.3 Å². The van der Waals surface area contributed by atoms with Crippen LogP contribution >= 0.6 is 0 Å². The lowest BCUT2D eigenvalue weighted by molar-refractivity contribution is -0.140. The highest BCUT2D eigenvalue weighted by atomic mass is 16.4. The number of carbonyl (C=O) groups is 1. The predicted molar refractivity (Wildman–Crippen MR) is 60.4 cm³/mol. The number of carboxylic acids is 1. The van der Waals surface area contributed by atoms with E-state index in [0.29, 0.717) is 17.6 Å². The summed E-state index contributed by atoms with van der Waals surface area (Å²) in [6.07, 6.45) is 1.16. The molecule has 3 nitrogen and oxygen atoms in total. The van der Waals surface area contributed by atoms with Gasteiger partial charge in [-0.15, -0.1) is 0 Å². The summed E-state index contributed by atoms with van der Waals surface area (Å²) in [7, 11) is 0. The highest BCUT2D eigenvalue weighted by Crippen LogP contribution is 2.47. The molecule has 1 heterocycles. The number of aliphatic carboxylic acids is 1. The Hall–Kier alpha value is -1.25. The number of carboxylic acid groups (broad SMARTS) is 1. The average molecular weight is 222 g/mol. The third-order valence-corrected chi connectivity index (χ3v) is 3.36. The van der Waals surface area contributed by atoms with E-state index < -0.39 is 11.9 Å². The summed E-state index contributed by atoms with van der Waals surface area (Å²) in [6, 6.07) is 3.75. The summed E-state index contributed by atoms with van der Waals surface area (Å²) in [5.74, 6) is 1.46. The molecule has 1 aliphatic carbocycles. The maximum absolute atomic E-state index is 11.1. The molecule has 0 spiro atoms. The van der Waals surface area contributed by atoms with Gasteiger partial charge >= 0.3 is 5.97 Å². The zero-order valence-corrected chi connectivity index (χ0v) is 9.93. The Kier molecular flexibility index (Phi) is 2.78. The van der Waals surface area contributed by atoms with Gasteiger partial charge in [-0.1, -0.05) is 20.8 Å². The molecule has 88 valence electrons. The summed E-state index contributed by atoms with van der Waals surface area (Å²) in [5, 5.41) is 9.15. The van der Waals surface area contributed by atoms with Crippen LogP contribution in [0.25, 0.3) is 0 Å². The van der Waals surface area contributed by atoms with Crippen molar-refractivity contribution in [3.8, 4) is 0 Å². The molecule has 1 aromatic rings. The van der Waals surface area contributed by atoms with Crippen LogP contribution in [0.4, 0.5) is 0 Å². The van der Waals surface area contributed by atoms with Crippen molar-refractivity contribution in [2.75, 3.05) is 0 Å². The van der Waals surface area contributed by atoms with Gasteiger partial charge in [0.2, 0.25) is 0 Å². The van der Waals surface area contributed by atoms with Gasteiger partial charge in [0.25, 0.3) is 0 Å². The van der Waals surface area contributed by atoms with Crippen LogP contribution < -0.4 is 0 Å². The number of hydrogen-bond acceptors (Lipinski definition) is 2. The molecule has 2 rings (SSSR count). The van der Waals surface area contributed by atoms with E-state index >= 15 is 0 Å². The molecule has 0 aromatic carbocycles. The minimum Gasteiger partial charge on any atom is -0.481 e. The van der Waals surface area contributed by atoms with Crippen LogP contribution in [0, 0.1) is 11.8 Å². The maximum atomic E-state index is 11.1. The van der Waals surface area contributed by atoms with Gasteiger partial charge in [-0.2, -0.15) is 0 Å². The topological polar surface area (TPSA) is 50.4 Å². The Morgan fingerprint density at radius 3 is 2.56 bits per heavy atom. The van der Waals surface area contributed by atoms with E-state index in [1.54, 1.807) is 0 Å². The fourth-order valence-electron chi connectivity index (χ4n) is 2.19. The van der Waals surface area contributed by atoms with Crippen molar-refractivity contribution in [2.45, 2.75) is 39.0 Å². The molecule has 1 N–H and O–H groups in total. The molecule has 1 aromatic heterocycles. The molecule has 0 saturated heterocycles. The fraction of sp³-hybridized carbons (Fsp3) is 0.615. The summed E-state index contributed by atoms with van der Waals surface area (Å²) in [4.78, 5) is 11.1. The predicted octanol–water partition coefficient (Wildman–Crippen LogP) is 3.23. The van der Waals surface area contributed by atoms with Gasteiger partial charge in [-0.3, -0.25) is 4.79 Å². The summed E-state index contributed by atoms with van der Waals surface area (Å²) in [6.45, 7) is 5.99. The Labute approximate surface area is 95.5 Å². The second kappa shape index (κ2) is 3.96. The van der Waals surface area contributed by atoms with E-state index in [4.69, 9.17) is 9.52 Å². The lowest BCUT2D eigenvalue weighted by Crippen LogP contribution is -2.16. The van der Waals surface area contributed by atoms with Gasteiger partial charge in [0, 0.05) is 5.92 Å². The zero-order valence-electron chi connectivity index (χ0n) is 9.93. The molecule has 3 unspecified atom stereocenters. The third-order valence-electron chi connectivity index (χ3n) is 3.36. The van der Waals surface area contributed by atoms with Crippen LogP contribution in [0.2, 0.25) is 0 Å². The van der Waals surface area contributed by atoms with Crippen molar-refractivity contribution in [3.05, 3.63) is 23.7 Å². The van der Waals surface area contributed by atoms with Crippen molar-refractivity contribution in [1.29, 1.82) is 0 Å². The molecule has 0 amide bonds. The first kappa shape index (κ1) is 11.2. The van der Waals surface area contributed by atoms with Crippen LogP contribution in [-0.2, 0) is 4.79 Å². The molecule has 3 heteroatoms. The van der Waals surface area contributed by atoms with Gasteiger partial charge in [0.15, 0.2) is 0 Å². The maximum Gasteiger partial charge on any atom is 0.314 e. The smallest absolute Gasteiger partial charge is 0.314 e. The molecule has 0 bridgehead atoms. The van der Waals surface area contributed by atoms with Gasteiger partial charge in [-0.25, -0.2) is 0 Å². The monoisotopic (exact) mass is 222 g/mol. The molecule has 1 saturated carbocycles. The molecule has 0 radical (unpaired) electrons. The molecule has 1 fully saturated rings.